The molecule has 2 amide bonds. The monoisotopic (exact) mass is 361 g/mol. The van der Waals surface area contributed by atoms with Crippen molar-refractivity contribution in [3.63, 3.8) is 0 Å². The molecule has 0 aliphatic rings. The summed E-state index contributed by atoms with van der Waals surface area (Å²) in [6.45, 7) is 0.397. The number of benzene rings is 3. The van der Waals surface area contributed by atoms with E-state index in [1.54, 1.807) is 42.5 Å². The number of carbonyl (C=O) groups excluding carboxylic acids is 1. The van der Waals surface area contributed by atoms with Crippen molar-refractivity contribution in [2.45, 2.75) is 6.54 Å². The number of nitrogens with one attached hydrogen (secondary N) is 2. The Morgan fingerprint density at radius 3 is 2.15 bits per heavy atom. The Morgan fingerprint density at radius 2 is 1.52 bits per heavy atom. The van der Waals surface area contributed by atoms with Crippen LogP contribution in [0.1, 0.15) is 15.9 Å². The minimum absolute atomic E-state index is 0.300. The third-order valence-electron chi connectivity index (χ3n) is 4.07. The lowest BCUT2D eigenvalue weighted by Crippen LogP contribution is -2.15. The van der Waals surface area contributed by atoms with Crippen LogP contribution in [0.15, 0.2) is 72.8 Å². The molecule has 5 N–H and O–H groups in total. The van der Waals surface area contributed by atoms with Gasteiger partial charge < -0.3 is 16.2 Å². The highest BCUT2D eigenvalue weighted by Crippen LogP contribution is 2.29. The highest BCUT2D eigenvalue weighted by Gasteiger charge is 2.12. The first kappa shape index (κ1) is 18.2. The van der Waals surface area contributed by atoms with E-state index < -0.39 is 6.09 Å². The Labute approximate surface area is 156 Å². The Kier molecular flexibility index (Phi) is 5.49. The van der Waals surface area contributed by atoms with Crippen LogP contribution < -0.4 is 16.4 Å². The van der Waals surface area contributed by atoms with Crippen LogP contribution >= 0.6 is 0 Å². The van der Waals surface area contributed by atoms with Crippen molar-refractivity contribution < 1.29 is 14.7 Å². The van der Waals surface area contributed by atoms with Crippen LogP contribution in [0.5, 0.6) is 0 Å². The van der Waals surface area contributed by atoms with Gasteiger partial charge in [-0.25, -0.2) is 4.79 Å². The summed E-state index contributed by atoms with van der Waals surface area (Å²) in [5.74, 6) is -0.336. The molecule has 6 nitrogen and oxygen atoms in total. The summed E-state index contributed by atoms with van der Waals surface area (Å²) in [4.78, 5) is 23.6. The smallest absolute Gasteiger partial charge is 0.409 e. The molecule has 0 radical (unpaired) electrons. The fourth-order valence-electron chi connectivity index (χ4n) is 2.67. The molecule has 3 aromatic carbocycles. The average molecular weight is 361 g/mol. The van der Waals surface area contributed by atoms with Gasteiger partial charge in [0, 0.05) is 12.1 Å². The molecule has 0 aliphatic heterocycles. The minimum Gasteiger partial charge on any atom is -0.465 e. The summed E-state index contributed by atoms with van der Waals surface area (Å²) in [6.07, 6.45) is -1.20. The van der Waals surface area contributed by atoms with E-state index in [-0.39, 0.29) is 5.91 Å². The quantitative estimate of drug-likeness (QED) is 0.548. The van der Waals surface area contributed by atoms with Crippen molar-refractivity contribution in [2.75, 3.05) is 10.6 Å². The van der Waals surface area contributed by atoms with Crippen LogP contribution in [-0.4, -0.2) is 17.1 Å². The van der Waals surface area contributed by atoms with Gasteiger partial charge in [0.25, 0.3) is 5.91 Å². The topological polar surface area (TPSA) is 104 Å². The molecule has 0 aromatic heterocycles. The zero-order valence-corrected chi connectivity index (χ0v) is 14.5. The van der Waals surface area contributed by atoms with Crippen molar-refractivity contribution >= 4 is 23.4 Å². The maximum absolute atomic E-state index is 12.6. The molecule has 0 bridgehead atoms. The van der Waals surface area contributed by atoms with Crippen molar-refractivity contribution in [3.8, 4) is 11.1 Å². The van der Waals surface area contributed by atoms with E-state index in [0.717, 1.165) is 16.7 Å². The molecule has 0 saturated heterocycles. The molecule has 0 fully saturated rings. The van der Waals surface area contributed by atoms with Gasteiger partial charge in [-0.15, -0.1) is 0 Å². The first-order valence-corrected chi connectivity index (χ1v) is 8.36. The van der Waals surface area contributed by atoms with Crippen molar-refractivity contribution in [2.24, 2.45) is 5.73 Å². The van der Waals surface area contributed by atoms with Gasteiger partial charge in [-0.05, 0) is 41.0 Å². The maximum Gasteiger partial charge on any atom is 0.409 e. The van der Waals surface area contributed by atoms with E-state index >= 15 is 0 Å². The molecular weight excluding hydrogens is 342 g/mol. The van der Waals surface area contributed by atoms with Crippen LogP contribution in [0, 0.1) is 0 Å². The number of amides is 2. The zero-order valence-electron chi connectivity index (χ0n) is 14.5. The first-order valence-electron chi connectivity index (χ1n) is 8.36. The molecule has 0 saturated carbocycles. The number of nitrogens with two attached hydrogens (primary N) is 1. The first-order chi connectivity index (χ1) is 13.1. The molecule has 0 unspecified atom stereocenters. The highest BCUT2D eigenvalue weighted by atomic mass is 16.4. The van der Waals surface area contributed by atoms with E-state index in [1.807, 2.05) is 30.3 Å². The second kappa shape index (κ2) is 8.16. The Morgan fingerprint density at radius 1 is 0.815 bits per heavy atom. The summed E-state index contributed by atoms with van der Waals surface area (Å²) >= 11 is 0. The number of anilines is 2. The number of carbonyl (C=O) groups is 2. The van der Waals surface area contributed by atoms with Crippen LogP contribution in [0.2, 0.25) is 0 Å². The largest absolute Gasteiger partial charge is 0.465 e. The molecular formula is C21H19N3O3. The third kappa shape index (κ3) is 4.50. The molecule has 136 valence electrons. The van der Waals surface area contributed by atoms with Gasteiger partial charge in [0.1, 0.15) is 0 Å². The summed E-state index contributed by atoms with van der Waals surface area (Å²) in [5, 5.41) is 14.1. The predicted octanol–water partition coefficient (Wildman–Crippen LogP) is 4.15. The standard InChI is InChI=1S/C21H19N3O3/c22-13-14-6-8-16(9-7-14)20(25)23-19-12-17(15-4-2-1-3-5-15)10-11-18(19)24-21(26)27/h1-12,24H,13,22H2,(H,23,25)(H,26,27). The number of hydrogen-bond donors (Lipinski definition) is 4. The van der Waals surface area contributed by atoms with E-state index in [1.165, 1.54) is 0 Å². The Balaban J connectivity index is 1.92. The normalized spacial score (nSPS) is 10.3. The minimum atomic E-state index is -1.20. The zero-order chi connectivity index (χ0) is 19.2. The van der Waals surface area contributed by atoms with Crippen LogP contribution in [0.25, 0.3) is 11.1 Å². The van der Waals surface area contributed by atoms with Crippen LogP contribution in [-0.2, 0) is 6.54 Å². The van der Waals surface area contributed by atoms with E-state index in [9.17, 15) is 9.59 Å². The summed E-state index contributed by atoms with van der Waals surface area (Å²) in [6, 6.07) is 21.7. The van der Waals surface area contributed by atoms with Gasteiger partial charge in [0.15, 0.2) is 0 Å². The maximum atomic E-state index is 12.6. The fourth-order valence-corrected chi connectivity index (χ4v) is 2.67. The van der Waals surface area contributed by atoms with E-state index in [0.29, 0.717) is 23.5 Å². The third-order valence-corrected chi connectivity index (χ3v) is 4.07. The van der Waals surface area contributed by atoms with Crippen LogP contribution in [0.3, 0.4) is 0 Å². The molecule has 0 heterocycles. The van der Waals surface area contributed by atoms with E-state index in [2.05, 4.69) is 10.6 Å². The van der Waals surface area contributed by atoms with Gasteiger partial charge in [-0.1, -0.05) is 48.5 Å². The molecule has 0 atom stereocenters. The number of hydrogen-bond acceptors (Lipinski definition) is 3. The number of rotatable bonds is 5. The lowest BCUT2D eigenvalue weighted by atomic mass is 10.0. The number of carboxylic acid groups (broad SMARTS) is 1. The van der Waals surface area contributed by atoms with Crippen molar-refractivity contribution in [1.82, 2.24) is 0 Å². The Hall–Kier alpha value is -3.64. The highest BCUT2D eigenvalue weighted by molar-refractivity contribution is 6.07. The van der Waals surface area contributed by atoms with Crippen molar-refractivity contribution in [1.29, 1.82) is 0 Å². The molecule has 3 aromatic rings. The lowest BCUT2D eigenvalue weighted by Gasteiger charge is -2.13. The summed E-state index contributed by atoms with van der Waals surface area (Å²) in [5.41, 5.74) is 9.46. The van der Waals surface area contributed by atoms with Gasteiger partial charge in [0.05, 0.1) is 11.4 Å². The average Bonchev–Trinajstić information content (AvgIpc) is 2.69. The Bertz CT molecular complexity index is 954. The molecule has 6 heteroatoms. The summed E-state index contributed by atoms with van der Waals surface area (Å²) in [7, 11) is 0. The van der Waals surface area contributed by atoms with Gasteiger partial charge in [-0.2, -0.15) is 0 Å². The van der Waals surface area contributed by atoms with Gasteiger partial charge in [-0.3, -0.25) is 10.1 Å². The molecule has 3 rings (SSSR count). The second-order valence-corrected chi connectivity index (χ2v) is 5.91. The van der Waals surface area contributed by atoms with Crippen LogP contribution in [0.4, 0.5) is 16.2 Å². The van der Waals surface area contributed by atoms with Gasteiger partial charge >= 0.3 is 6.09 Å². The fraction of sp³-hybridized carbons (Fsp3) is 0.0476. The second-order valence-electron chi connectivity index (χ2n) is 5.91. The van der Waals surface area contributed by atoms with Crippen molar-refractivity contribution in [3.05, 3.63) is 83.9 Å². The SMILES string of the molecule is NCc1ccc(C(=O)Nc2cc(-c3ccccc3)ccc2NC(=O)O)cc1. The summed E-state index contributed by atoms with van der Waals surface area (Å²) < 4.78 is 0. The predicted molar refractivity (Wildman–Crippen MR) is 106 cm³/mol. The molecule has 0 aliphatic carbocycles. The van der Waals surface area contributed by atoms with Gasteiger partial charge in [0.2, 0.25) is 0 Å². The van der Waals surface area contributed by atoms with E-state index in [4.69, 9.17) is 10.8 Å². The molecule has 27 heavy (non-hydrogen) atoms. The lowest BCUT2D eigenvalue weighted by molar-refractivity contribution is 0.102. The molecule has 0 spiro atoms.